The number of anilines is 6. The molecule has 96 heavy (non-hydrogen) atoms. The van der Waals surface area contributed by atoms with Crippen molar-refractivity contribution in [2.75, 3.05) is 9.80 Å². The van der Waals surface area contributed by atoms with E-state index in [4.69, 9.17) is 0 Å². The van der Waals surface area contributed by atoms with E-state index in [0.29, 0.717) is 0 Å². The molecule has 0 amide bonds. The second-order valence-corrected chi connectivity index (χ2v) is 25.3. The minimum Gasteiger partial charge on any atom is -0.310 e. The number of aromatic nitrogens is 4. The van der Waals surface area contributed by atoms with Crippen LogP contribution in [-0.2, 0) is 0 Å². The highest BCUT2D eigenvalue weighted by atomic mass is 15.2. The van der Waals surface area contributed by atoms with Crippen molar-refractivity contribution >= 4 is 154 Å². The molecule has 0 fully saturated rings. The molecule has 20 aromatic rings. The quantitative estimate of drug-likeness (QED) is 0.128. The SMILES string of the molecule is c1ccc(-n2c3ccccc3c3cc(N(c4ccc5ccc6ccc7ccc(N(c8ccc9c(c8)c8ccccc8n9-c8ccccc8)c8ccc9c(c8)c8ccccc8n9-c8ccccc8)cc7c6c5c4)c4ccc5c(c4)c4ccccc4n5-c4ccccc4)ccc32)cc1. The maximum atomic E-state index is 2.48. The maximum absolute atomic E-state index is 2.48. The molecule has 0 saturated heterocycles. The predicted octanol–water partition coefficient (Wildman–Crippen LogP) is 24.5. The Labute approximate surface area is 553 Å². The average Bonchev–Trinajstić information content (AvgIpc) is 0.892. The van der Waals surface area contributed by atoms with Crippen molar-refractivity contribution in [1.82, 2.24) is 18.3 Å². The fraction of sp³-hybridized carbons (Fsp3) is 0. The summed E-state index contributed by atoms with van der Waals surface area (Å²) in [5.74, 6) is 0. The summed E-state index contributed by atoms with van der Waals surface area (Å²) in [7, 11) is 0. The number of para-hydroxylation sites is 8. The third-order valence-electron chi connectivity index (χ3n) is 20.0. The van der Waals surface area contributed by atoms with Crippen LogP contribution in [-0.4, -0.2) is 18.3 Å². The van der Waals surface area contributed by atoms with Gasteiger partial charge in [0.05, 0.1) is 44.1 Å². The molecule has 0 atom stereocenters. The van der Waals surface area contributed by atoms with E-state index in [-0.39, 0.29) is 0 Å². The van der Waals surface area contributed by atoms with Crippen molar-refractivity contribution in [2.24, 2.45) is 0 Å². The first kappa shape index (κ1) is 53.7. The van der Waals surface area contributed by atoms with Crippen molar-refractivity contribution in [3.05, 3.63) is 352 Å². The standard InChI is InChI=1S/C90H58N6/c1-5-21-62(22-6-1)93-82-33-17-13-29-72(82)78-55-68(45-49-86(78)93)91(69-46-50-87-79(56-69)73-30-14-18-34-83(73)94(87)63-23-7-2-8-24-63)66-43-41-59-37-39-61-40-38-60-42-44-67(54-77(60)90(61)76(59)53-66)92(70-47-51-88-80(57-70)74-31-15-19-35-84(74)95(88)64-25-9-3-10-26-64)71-48-52-89-81(58-71)75-32-16-20-36-85(75)96(89)65-27-11-4-12-28-65/h1-58H. The van der Waals surface area contributed by atoms with E-state index < -0.39 is 0 Å². The van der Waals surface area contributed by atoms with Crippen LogP contribution in [0, 0.1) is 0 Å². The highest BCUT2D eigenvalue weighted by Gasteiger charge is 2.24. The van der Waals surface area contributed by atoms with Gasteiger partial charge in [-0.05, 0) is 202 Å². The lowest BCUT2D eigenvalue weighted by atomic mass is 9.95. The first-order chi connectivity index (χ1) is 47.6. The molecule has 6 nitrogen and oxygen atoms in total. The largest absolute Gasteiger partial charge is 0.310 e. The van der Waals surface area contributed by atoms with Gasteiger partial charge in [-0.2, -0.15) is 0 Å². The topological polar surface area (TPSA) is 26.2 Å². The molecule has 448 valence electrons. The maximum Gasteiger partial charge on any atom is 0.0542 e. The molecule has 4 heterocycles. The van der Waals surface area contributed by atoms with Crippen molar-refractivity contribution in [3.8, 4) is 22.7 Å². The van der Waals surface area contributed by atoms with Gasteiger partial charge in [-0.3, -0.25) is 0 Å². The van der Waals surface area contributed by atoms with Crippen molar-refractivity contribution in [2.45, 2.75) is 0 Å². The van der Waals surface area contributed by atoms with Crippen molar-refractivity contribution in [1.29, 1.82) is 0 Å². The molecule has 0 saturated carbocycles. The van der Waals surface area contributed by atoms with E-state index >= 15 is 0 Å². The van der Waals surface area contributed by atoms with E-state index in [2.05, 4.69) is 380 Å². The van der Waals surface area contributed by atoms with Crippen molar-refractivity contribution < 1.29 is 0 Å². The number of rotatable bonds is 10. The molecule has 0 unspecified atom stereocenters. The molecule has 0 aliphatic rings. The minimum absolute atomic E-state index is 1.06. The van der Waals surface area contributed by atoms with E-state index in [1.807, 2.05) is 0 Å². The summed E-state index contributed by atoms with van der Waals surface area (Å²) in [4.78, 5) is 4.96. The fourth-order valence-corrected chi connectivity index (χ4v) is 15.8. The van der Waals surface area contributed by atoms with Gasteiger partial charge in [-0.15, -0.1) is 0 Å². The van der Waals surface area contributed by atoms with Crippen molar-refractivity contribution in [3.63, 3.8) is 0 Å². The lowest BCUT2D eigenvalue weighted by Crippen LogP contribution is -2.10. The van der Waals surface area contributed by atoms with Gasteiger partial charge < -0.3 is 28.1 Å². The van der Waals surface area contributed by atoms with Crippen LogP contribution in [0.1, 0.15) is 0 Å². The zero-order chi connectivity index (χ0) is 63.0. The van der Waals surface area contributed by atoms with Gasteiger partial charge in [0, 0.05) is 100.0 Å². The molecule has 0 aliphatic carbocycles. The Hall–Kier alpha value is -12.9. The molecular formula is C90H58N6. The second kappa shape index (κ2) is 21.3. The number of nitrogens with zero attached hydrogens (tertiary/aromatic N) is 6. The Balaban J connectivity index is 0.817. The normalized spacial score (nSPS) is 12.0. The van der Waals surface area contributed by atoms with Gasteiger partial charge in [0.1, 0.15) is 0 Å². The van der Waals surface area contributed by atoms with Crippen LogP contribution in [0.2, 0.25) is 0 Å². The van der Waals surface area contributed by atoms with Gasteiger partial charge >= 0.3 is 0 Å². The smallest absolute Gasteiger partial charge is 0.0542 e. The molecule has 0 spiro atoms. The Bertz CT molecular complexity index is 5810. The molecule has 0 radical (unpaired) electrons. The average molecular weight is 1220 g/mol. The van der Waals surface area contributed by atoms with Gasteiger partial charge in [0.2, 0.25) is 0 Å². The summed E-state index contributed by atoms with van der Waals surface area (Å²) in [5.41, 5.74) is 20.3. The predicted molar refractivity (Wildman–Crippen MR) is 406 cm³/mol. The van der Waals surface area contributed by atoms with Crippen LogP contribution in [0.25, 0.3) is 142 Å². The Morgan fingerprint density at radius 3 is 0.646 bits per heavy atom. The van der Waals surface area contributed by atoms with Crippen LogP contribution < -0.4 is 9.80 Å². The molecule has 16 aromatic carbocycles. The summed E-state index contributed by atoms with van der Waals surface area (Å²) in [6, 6.07) is 130. The Morgan fingerprint density at radius 1 is 0.156 bits per heavy atom. The third-order valence-corrected chi connectivity index (χ3v) is 20.0. The Morgan fingerprint density at radius 2 is 0.365 bits per heavy atom. The molecule has 4 aromatic heterocycles. The molecule has 0 N–H and O–H groups in total. The van der Waals surface area contributed by atoms with Gasteiger partial charge in [-0.25, -0.2) is 0 Å². The number of fused-ring (bicyclic) bond motifs is 17. The molecular weight excluding hydrogens is 1170 g/mol. The van der Waals surface area contributed by atoms with E-state index in [1.54, 1.807) is 0 Å². The monoisotopic (exact) mass is 1220 g/mol. The highest BCUT2D eigenvalue weighted by molar-refractivity contribution is 6.22. The lowest BCUT2D eigenvalue weighted by Gasteiger charge is -2.27. The third kappa shape index (κ3) is 8.25. The fourth-order valence-electron chi connectivity index (χ4n) is 15.8. The highest BCUT2D eigenvalue weighted by Crippen LogP contribution is 2.48. The molecule has 6 heteroatoms. The summed E-state index contributed by atoms with van der Waals surface area (Å²) in [6.07, 6.45) is 0. The first-order valence-electron chi connectivity index (χ1n) is 33.0. The van der Waals surface area contributed by atoms with Crippen LogP contribution in [0.3, 0.4) is 0 Å². The molecule has 20 rings (SSSR count). The number of hydrogen-bond acceptors (Lipinski definition) is 2. The summed E-state index contributed by atoms with van der Waals surface area (Å²) >= 11 is 0. The van der Waals surface area contributed by atoms with Crippen LogP contribution in [0.5, 0.6) is 0 Å². The first-order valence-corrected chi connectivity index (χ1v) is 33.0. The van der Waals surface area contributed by atoms with Crippen LogP contribution >= 0.6 is 0 Å². The summed E-state index contributed by atoms with van der Waals surface area (Å²) in [5, 5.41) is 16.7. The minimum atomic E-state index is 1.06. The molecule has 0 aliphatic heterocycles. The second-order valence-electron chi connectivity index (χ2n) is 25.3. The lowest BCUT2D eigenvalue weighted by molar-refractivity contribution is 1.18. The van der Waals surface area contributed by atoms with E-state index in [1.165, 1.54) is 97.5 Å². The van der Waals surface area contributed by atoms with Gasteiger partial charge in [0.25, 0.3) is 0 Å². The van der Waals surface area contributed by atoms with E-state index in [0.717, 1.165) is 78.9 Å². The zero-order valence-corrected chi connectivity index (χ0v) is 52.2. The van der Waals surface area contributed by atoms with E-state index in [9.17, 15) is 0 Å². The number of benzene rings is 16. The molecule has 0 bridgehead atoms. The summed E-state index contributed by atoms with van der Waals surface area (Å²) in [6.45, 7) is 0. The van der Waals surface area contributed by atoms with Crippen LogP contribution in [0.4, 0.5) is 34.1 Å². The number of hydrogen-bond donors (Lipinski definition) is 0. The van der Waals surface area contributed by atoms with Gasteiger partial charge in [-0.1, -0.05) is 182 Å². The zero-order valence-electron chi connectivity index (χ0n) is 52.2. The summed E-state index contributed by atoms with van der Waals surface area (Å²) < 4.78 is 9.60. The van der Waals surface area contributed by atoms with Gasteiger partial charge in [0.15, 0.2) is 0 Å². The Kier molecular flexibility index (Phi) is 11.9. The van der Waals surface area contributed by atoms with Crippen LogP contribution in [0.15, 0.2) is 352 Å².